The van der Waals surface area contributed by atoms with E-state index in [1.807, 2.05) is 45.0 Å². The Morgan fingerprint density at radius 1 is 0.875 bits per heavy atom. The molecule has 0 atom stereocenters. The van der Waals surface area contributed by atoms with Crippen molar-refractivity contribution in [1.82, 2.24) is 20.2 Å². The molecule has 8 nitrogen and oxygen atoms in total. The summed E-state index contributed by atoms with van der Waals surface area (Å²) in [6.07, 6.45) is 3.31. The van der Waals surface area contributed by atoms with Crippen LogP contribution >= 0.6 is 0 Å². The normalized spacial score (nSPS) is 14.5. The minimum atomic E-state index is 0.420. The lowest BCUT2D eigenvalue weighted by Gasteiger charge is -2.32. The Labute approximate surface area is 188 Å². The minimum absolute atomic E-state index is 0.420. The second-order valence-electron chi connectivity index (χ2n) is 7.95. The zero-order valence-electron chi connectivity index (χ0n) is 19.1. The average molecular weight is 438 g/mol. The summed E-state index contributed by atoms with van der Waals surface area (Å²) in [6, 6.07) is 9.84. The van der Waals surface area contributed by atoms with Gasteiger partial charge in [0.2, 0.25) is 0 Å². The van der Waals surface area contributed by atoms with Crippen LogP contribution in [0.2, 0.25) is 0 Å². The highest BCUT2D eigenvalue weighted by atomic mass is 16.5. The molecule has 1 saturated heterocycles. The van der Waals surface area contributed by atoms with Gasteiger partial charge in [-0.25, -0.2) is 9.97 Å². The quantitative estimate of drug-likeness (QED) is 0.492. The van der Waals surface area contributed by atoms with Crippen molar-refractivity contribution < 1.29 is 14.2 Å². The van der Waals surface area contributed by atoms with Gasteiger partial charge in [0.25, 0.3) is 11.8 Å². The van der Waals surface area contributed by atoms with Crippen molar-refractivity contribution in [2.75, 3.05) is 37.8 Å². The highest BCUT2D eigenvalue weighted by molar-refractivity contribution is 5.77. The smallest absolute Gasteiger partial charge is 0.278 e. The van der Waals surface area contributed by atoms with Crippen LogP contribution in [0.5, 0.6) is 17.5 Å². The van der Waals surface area contributed by atoms with E-state index in [1.165, 1.54) is 0 Å². The second kappa shape index (κ2) is 10.4. The first-order valence-electron chi connectivity index (χ1n) is 11.4. The summed E-state index contributed by atoms with van der Waals surface area (Å²) in [6.45, 7) is 9.51. The summed E-state index contributed by atoms with van der Waals surface area (Å²) >= 11 is 0. The summed E-state index contributed by atoms with van der Waals surface area (Å²) in [5, 5.41) is 8.48. The van der Waals surface area contributed by atoms with Crippen molar-refractivity contribution in [3.63, 3.8) is 0 Å². The van der Waals surface area contributed by atoms with Gasteiger partial charge >= 0.3 is 0 Å². The number of piperidine rings is 1. The Balaban J connectivity index is 1.30. The van der Waals surface area contributed by atoms with E-state index in [2.05, 4.69) is 31.1 Å². The van der Waals surface area contributed by atoms with E-state index in [4.69, 9.17) is 14.2 Å². The predicted molar refractivity (Wildman–Crippen MR) is 124 cm³/mol. The largest absolute Gasteiger partial charge is 0.494 e. The van der Waals surface area contributed by atoms with Crippen molar-refractivity contribution in [2.45, 2.75) is 40.0 Å². The number of hydrogen-bond donors (Lipinski definition) is 0. The van der Waals surface area contributed by atoms with Crippen LogP contribution in [-0.2, 0) is 0 Å². The highest BCUT2D eigenvalue weighted by Gasteiger charge is 2.20. The lowest BCUT2D eigenvalue weighted by molar-refractivity contribution is 0.258. The number of rotatable bonds is 9. The van der Waals surface area contributed by atoms with E-state index in [1.54, 1.807) is 0 Å². The van der Waals surface area contributed by atoms with Crippen LogP contribution < -0.4 is 19.1 Å². The fourth-order valence-corrected chi connectivity index (χ4v) is 3.91. The van der Waals surface area contributed by atoms with Crippen molar-refractivity contribution in [3.05, 3.63) is 36.0 Å². The van der Waals surface area contributed by atoms with Crippen LogP contribution in [-0.4, -0.2) is 53.1 Å². The molecule has 1 aliphatic rings. The van der Waals surface area contributed by atoms with Crippen LogP contribution in [0.3, 0.4) is 0 Å². The third-order valence-electron chi connectivity index (χ3n) is 5.65. The molecule has 3 heterocycles. The van der Waals surface area contributed by atoms with Gasteiger partial charge in [0.1, 0.15) is 5.75 Å². The molecule has 1 fully saturated rings. The van der Waals surface area contributed by atoms with E-state index < -0.39 is 0 Å². The van der Waals surface area contributed by atoms with E-state index in [0.717, 1.165) is 60.6 Å². The van der Waals surface area contributed by atoms with Crippen LogP contribution in [0.1, 0.15) is 38.8 Å². The van der Waals surface area contributed by atoms with E-state index in [9.17, 15) is 0 Å². The SMILES string of the molecule is CCOc1nc2ccc(OCCC3CCN(c4ccc(C)nn4)CC3)cc2nc1OCC. The fourth-order valence-electron chi connectivity index (χ4n) is 3.91. The van der Waals surface area contributed by atoms with Crippen LogP contribution in [0.15, 0.2) is 30.3 Å². The predicted octanol–water partition coefficient (Wildman–Crippen LogP) is 4.21. The van der Waals surface area contributed by atoms with Gasteiger partial charge in [-0.3, -0.25) is 0 Å². The maximum Gasteiger partial charge on any atom is 0.278 e. The molecular formula is C24H31N5O3. The zero-order valence-corrected chi connectivity index (χ0v) is 19.1. The molecule has 0 unspecified atom stereocenters. The molecule has 3 aromatic rings. The number of anilines is 1. The molecule has 32 heavy (non-hydrogen) atoms. The number of hydrogen-bond acceptors (Lipinski definition) is 8. The lowest BCUT2D eigenvalue weighted by Crippen LogP contribution is -2.34. The summed E-state index contributed by atoms with van der Waals surface area (Å²) in [5.74, 6) is 3.28. The number of benzene rings is 1. The summed E-state index contributed by atoms with van der Waals surface area (Å²) < 4.78 is 17.2. The summed E-state index contributed by atoms with van der Waals surface area (Å²) in [4.78, 5) is 11.4. The van der Waals surface area contributed by atoms with Crippen LogP contribution in [0.25, 0.3) is 11.0 Å². The summed E-state index contributed by atoms with van der Waals surface area (Å²) in [7, 11) is 0. The van der Waals surface area contributed by atoms with Crippen molar-refractivity contribution in [2.24, 2.45) is 5.92 Å². The molecule has 170 valence electrons. The molecule has 0 amide bonds. The molecule has 2 aromatic heterocycles. The third kappa shape index (κ3) is 5.36. The standard InChI is InChI=1S/C24H31N5O3/c1-4-30-23-24(31-5-2)26-21-16-19(7-8-20(21)25-23)32-15-12-18-10-13-29(14-11-18)22-9-6-17(3)27-28-22/h6-9,16,18H,4-5,10-15H2,1-3H3. The van der Waals surface area contributed by atoms with Gasteiger partial charge in [0.15, 0.2) is 5.82 Å². The molecular weight excluding hydrogens is 406 g/mol. The van der Waals surface area contributed by atoms with Gasteiger partial charge < -0.3 is 19.1 Å². The van der Waals surface area contributed by atoms with Gasteiger partial charge in [-0.15, -0.1) is 5.10 Å². The molecule has 0 N–H and O–H groups in total. The highest BCUT2D eigenvalue weighted by Crippen LogP contribution is 2.28. The molecule has 4 rings (SSSR count). The Morgan fingerprint density at radius 2 is 1.59 bits per heavy atom. The molecule has 0 bridgehead atoms. The Kier molecular flexibility index (Phi) is 7.19. The van der Waals surface area contributed by atoms with Crippen molar-refractivity contribution in [1.29, 1.82) is 0 Å². The molecule has 0 aliphatic carbocycles. The second-order valence-corrected chi connectivity index (χ2v) is 7.95. The van der Waals surface area contributed by atoms with Gasteiger partial charge in [-0.05, 0) is 70.2 Å². The van der Waals surface area contributed by atoms with Crippen LogP contribution in [0.4, 0.5) is 5.82 Å². The minimum Gasteiger partial charge on any atom is -0.494 e. The van der Waals surface area contributed by atoms with E-state index in [-0.39, 0.29) is 0 Å². The number of fused-ring (bicyclic) bond motifs is 1. The first-order chi connectivity index (χ1) is 15.7. The number of nitrogens with zero attached hydrogens (tertiary/aromatic N) is 5. The van der Waals surface area contributed by atoms with Gasteiger partial charge in [-0.1, -0.05) is 0 Å². The van der Waals surface area contributed by atoms with Gasteiger partial charge in [0, 0.05) is 19.2 Å². The topological polar surface area (TPSA) is 82.5 Å². The number of aromatic nitrogens is 4. The molecule has 0 radical (unpaired) electrons. The first kappa shape index (κ1) is 22.0. The molecule has 8 heteroatoms. The van der Waals surface area contributed by atoms with Gasteiger partial charge in [0.05, 0.1) is 36.5 Å². The number of aryl methyl sites for hydroxylation is 1. The fraction of sp³-hybridized carbons (Fsp3) is 0.500. The Morgan fingerprint density at radius 3 is 2.25 bits per heavy atom. The van der Waals surface area contributed by atoms with Crippen molar-refractivity contribution >= 4 is 16.9 Å². The summed E-state index contributed by atoms with van der Waals surface area (Å²) in [5.41, 5.74) is 2.45. The maximum atomic E-state index is 6.04. The lowest BCUT2D eigenvalue weighted by atomic mass is 9.94. The average Bonchev–Trinajstić information content (AvgIpc) is 2.81. The van der Waals surface area contributed by atoms with Gasteiger partial charge in [-0.2, -0.15) is 5.10 Å². The third-order valence-corrected chi connectivity index (χ3v) is 5.65. The monoisotopic (exact) mass is 437 g/mol. The molecule has 0 spiro atoms. The van der Waals surface area contributed by atoms with E-state index >= 15 is 0 Å². The zero-order chi connectivity index (χ0) is 22.3. The number of ether oxygens (including phenoxy) is 3. The van der Waals surface area contributed by atoms with Crippen molar-refractivity contribution in [3.8, 4) is 17.5 Å². The Hall–Kier alpha value is -3.16. The maximum absolute atomic E-state index is 6.04. The molecule has 1 aromatic carbocycles. The Bertz CT molecular complexity index is 1020. The molecule has 0 saturated carbocycles. The first-order valence-corrected chi connectivity index (χ1v) is 11.4. The van der Waals surface area contributed by atoms with E-state index in [0.29, 0.717) is 37.5 Å². The molecule has 1 aliphatic heterocycles. The van der Waals surface area contributed by atoms with Crippen LogP contribution in [0, 0.1) is 12.8 Å².